The number of carboxylic acids is 1. The number of fused-ring (bicyclic) bond motifs is 1. The van der Waals surface area contributed by atoms with Crippen molar-refractivity contribution in [3.05, 3.63) is 59.4 Å². The van der Waals surface area contributed by atoms with Crippen LogP contribution in [0.3, 0.4) is 0 Å². The maximum Gasteiger partial charge on any atom is 0.356 e. The Morgan fingerprint density at radius 1 is 1.07 bits per heavy atom. The van der Waals surface area contributed by atoms with Gasteiger partial charge in [0.1, 0.15) is 11.5 Å². The van der Waals surface area contributed by atoms with Crippen molar-refractivity contribution < 1.29 is 28.8 Å². The largest absolute Gasteiger partial charge is 0.497 e. The number of hydrogen-bond donors (Lipinski definition) is 1. The SMILES string of the molecule is COc1ccc(CCc2cn(-c3ccc4c(c3)OCO4)nc2C(=O)O)c(OC)c1. The van der Waals surface area contributed by atoms with Gasteiger partial charge in [-0.15, -0.1) is 0 Å². The Morgan fingerprint density at radius 2 is 1.86 bits per heavy atom. The molecule has 2 heterocycles. The predicted molar refractivity (Wildman–Crippen MR) is 104 cm³/mol. The Balaban J connectivity index is 1.60. The highest BCUT2D eigenvalue weighted by atomic mass is 16.7. The summed E-state index contributed by atoms with van der Waals surface area (Å²) < 4.78 is 22.9. The Bertz CT molecular complexity index is 1060. The van der Waals surface area contributed by atoms with E-state index in [2.05, 4.69) is 5.10 Å². The van der Waals surface area contributed by atoms with Crippen molar-refractivity contribution in [1.29, 1.82) is 0 Å². The fourth-order valence-corrected chi connectivity index (χ4v) is 3.26. The van der Waals surface area contributed by atoms with Gasteiger partial charge in [-0.2, -0.15) is 5.10 Å². The number of aromatic carboxylic acids is 1. The third kappa shape index (κ3) is 3.69. The Kier molecular flexibility index (Phi) is 4.99. The molecule has 0 fully saturated rings. The Morgan fingerprint density at radius 3 is 2.62 bits per heavy atom. The normalized spacial score (nSPS) is 12.1. The number of methoxy groups -OCH3 is 2. The number of rotatable bonds is 7. The van der Waals surface area contributed by atoms with E-state index in [1.54, 1.807) is 37.2 Å². The quantitative estimate of drug-likeness (QED) is 0.656. The fraction of sp³-hybridized carbons (Fsp3) is 0.238. The second kappa shape index (κ2) is 7.75. The molecule has 0 radical (unpaired) electrons. The number of aromatic nitrogens is 2. The molecule has 1 N–H and O–H groups in total. The average Bonchev–Trinajstić information content (AvgIpc) is 3.38. The number of benzene rings is 2. The van der Waals surface area contributed by atoms with Crippen LogP contribution >= 0.6 is 0 Å². The van der Waals surface area contributed by atoms with E-state index in [0.29, 0.717) is 47.1 Å². The first kappa shape index (κ1) is 18.7. The maximum absolute atomic E-state index is 11.7. The van der Waals surface area contributed by atoms with Crippen molar-refractivity contribution in [3.63, 3.8) is 0 Å². The lowest BCUT2D eigenvalue weighted by Gasteiger charge is -2.10. The molecule has 0 atom stereocenters. The summed E-state index contributed by atoms with van der Waals surface area (Å²) in [5.41, 5.74) is 2.31. The van der Waals surface area contributed by atoms with E-state index < -0.39 is 5.97 Å². The van der Waals surface area contributed by atoms with Gasteiger partial charge in [0.05, 0.1) is 19.9 Å². The van der Waals surface area contributed by atoms with Crippen LogP contribution in [0.1, 0.15) is 21.6 Å². The van der Waals surface area contributed by atoms with Crippen LogP contribution < -0.4 is 18.9 Å². The van der Waals surface area contributed by atoms with Gasteiger partial charge in [-0.3, -0.25) is 0 Å². The summed E-state index contributed by atoms with van der Waals surface area (Å²) in [5, 5.41) is 13.8. The van der Waals surface area contributed by atoms with Gasteiger partial charge in [0.2, 0.25) is 6.79 Å². The second-order valence-corrected chi connectivity index (χ2v) is 6.47. The third-order valence-corrected chi connectivity index (χ3v) is 4.77. The summed E-state index contributed by atoms with van der Waals surface area (Å²) in [4.78, 5) is 11.7. The molecule has 0 saturated carbocycles. The van der Waals surface area contributed by atoms with E-state index in [1.165, 1.54) is 0 Å². The zero-order valence-corrected chi connectivity index (χ0v) is 16.0. The van der Waals surface area contributed by atoms with E-state index in [0.717, 1.165) is 5.56 Å². The molecule has 1 aliphatic rings. The van der Waals surface area contributed by atoms with Gasteiger partial charge < -0.3 is 24.1 Å². The van der Waals surface area contributed by atoms with Gasteiger partial charge in [-0.25, -0.2) is 9.48 Å². The molecule has 8 heteroatoms. The monoisotopic (exact) mass is 396 g/mol. The average molecular weight is 396 g/mol. The van der Waals surface area contributed by atoms with Crippen molar-refractivity contribution >= 4 is 5.97 Å². The zero-order chi connectivity index (χ0) is 20.4. The van der Waals surface area contributed by atoms with Gasteiger partial charge in [-0.05, 0) is 36.6 Å². The van der Waals surface area contributed by atoms with Crippen LogP contribution in [0.5, 0.6) is 23.0 Å². The summed E-state index contributed by atoms with van der Waals surface area (Å²) in [5.74, 6) is 1.60. The van der Waals surface area contributed by atoms with Crippen LogP contribution in [0, 0.1) is 0 Å². The molecule has 1 aromatic heterocycles. The molecule has 29 heavy (non-hydrogen) atoms. The van der Waals surface area contributed by atoms with E-state index in [9.17, 15) is 9.90 Å². The van der Waals surface area contributed by atoms with Crippen LogP contribution in [0.25, 0.3) is 5.69 Å². The molecule has 3 aromatic rings. The molecule has 0 spiro atoms. The molecular weight excluding hydrogens is 376 g/mol. The Hall–Kier alpha value is -3.68. The molecule has 8 nitrogen and oxygen atoms in total. The molecule has 0 aliphatic carbocycles. The minimum absolute atomic E-state index is 0.0233. The molecule has 1 aliphatic heterocycles. The molecule has 2 aromatic carbocycles. The first-order valence-electron chi connectivity index (χ1n) is 9.02. The van der Waals surface area contributed by atoms with Gasteiger partial charge in [-0.1, -0.05) is 6.07 Å². The minimum Gasteiger partial charge on any atom is -0.497 e. The first-order valence-corrected chi connectivity index (χ1v) is 9.02. The van der Waals surface area contributed by atoms with E-state index >= 15 is 0 Å². The van der Waals surface area contributed by atoms with E-state index in [1.807, 2.05) is 24.3 Å². The van der Waals surface area contributed by atoms with Gasteiger partial charge in [0.25, 0.3) is 0 Å². The van der Waals surface area contributed by atoms with E-state index in [4.69, 9.17) is 18.9 Å². The van der Waals surface area contributed by atoms with Crippen molar-refractivity contribution in [1.82, 2.24) is 9.78 Å². The van der Waals surface area contributed by atoms with Gasteiger partial charge in [0.15, 0.2) is 17.2 Å². The van der Waals surface area contributed by atoms with Crippen molar-refractivity contribution in [2.45, 2.75) is 12.8 Å². The summed E-state index contributed by atoms with van der Waals surface area (Å²) in [7, 11) is 3.19. The van der Waals surface area contributed by atoms with Crippen LogP contribution in [0.2, 0.25) is 0 Å². The standard InChI is InChI=1S/C21H20N2O6/c1-26-16-7-5-13(18(10-16)27-2)3-4-14-11-23(22-20(14)21(24)25)15-6-8-17-19(9-15)29-12-28-17/h5-11H,3-4,12H2,1-2H3,(H,24,25). The molecule has 150 valence electrons. The van der Waals surface area contributed by atoms with Crippen molar-refractivity contribution in [2.24, 2.45) is 0 Å². The number of carboxylic acid groups (broad SMARTS) is 1. The summed E-state index contributed by atoms with van der Waals surface area (Å²) in [6, 6.07) is 10.9. The number of carbonyl (C=O) groups is 1. The summed E-state index contributed by atoms with van der Waals surface area (Å²) in [6.07, 6.45) is 2.83. The third-order valence-electron chi connectivity index (χ3n) is 4.77. The zero-order valence-electron chi connectivity index (χ0n) is 16.0. The summed E-state index contributed by atoms with van der Waals surface area (Å²) in [6.45, 7) is 0.174. The number of aryl methyl sites for hydroxylation is 2. The highest BCUT2D eigenvalue weighted by Crippen LogP contribution is 2.34. The maximum atomic E-state index is 11.7. The predicted octanol–water partition coefficient (Wildman–Crippen LogP) is 3.10. The van der Waals surface area contributed by atoms with Crippen molar-refractivity contribution in [2.75, 3.05) is 21.0 Å². The lowest BCUT2D eigenvalue weighted by atomic mass is 10.0. The first-order chi connectivity index (χ1) is 14.1. The lowest BCUT2D eigenvalue weighted by Crippen LogP contribution is -2.04. The number of ether oxygens (including phenoxy) is 4. The molecule has 0 saturated heterocycles. The molecule has 0 unspecified atom stereocenters. The minimum atomic E-state index is -1.07. The topological polar surface area (TPSA) is 92.0 Å². The molecular formula is C21H20N2O6. The smallest absolute Gasteiger partial charge is 0.356 e. The van der Waals surface area contributed by atoms with Gasteiger partial charge >= 0.3 is 5.97 Å². The van der Waals surface area contributed by atoms with Crippen LogP contribution in [-0.4, -0.2) is 41.9 Å². The van der Waals surface area contributed by atoms with Crippen LogP contribution in [-0.2, 0) is 12.8 Å². The van der Waals surface area contributed by atoms with Gasteiger partial charge in [0, 0.05) is 23.9 Å². The number of hydrogen-bond acceptors (Lipinski definition) is 6. The number of nitrogens with zero attached hydrogens (tertiary/aromatic N) is 2. The molecule has 0 bridgehead atoms. The highest BCUT2D eigenvalue weighted by molar-refractivity contribution is 5.87. The van der Waals surface area contributed by atoms with E-state index in [-0.39, 0.29) is 12.5 Å². The highest BCUT2D eigenvalue weighted by Gasteiger charge is 2.19. The molecule has 4 rings (SSSR count). The second-order valence-electron chi connectivity index (χ2n) is 6.47. The van der Waals surface area contributed by atoms with Crippen molar-refractivity contribution in [3.8, 4) is 28.7 Å². The summed E-state index contributed by atoms with van der Waals surface area (Å²) >= 11 is 0. The Labute approximate surface area is 167 Å². The van der Waals surface area contributed by atoms with Crippen LogP contribution in [0.15, 0.2) is 42.6 Å². The molecule has 0 amide bonds. The van der Waals surface area contributed by atoms with Crippen LogP contribution in [0.4, 0.5) is 0 Å². The lowest BCUT2D eigenvalue weighted by molar-refractivity contribution is 0.0688. The fourth-order valence-electron chi connectivity index (χ4n) is 3.26.